The summed E-state index contributed by atoms with van der Waals surface area (Å²) in [4.78, 5) is 33.4. The first-order valence-corrected chi connectivity index (χ1v) is 13.7. The fourth-order valence-electron chi connectivity index (χ4n) is 4.84. The zero-order chi connectivity index (χ0) is 31.1. The normalized spacial score (nSPS) is 25.0. The number of nitrogen functional groups attached to an aromatic ring is 1. The lowest BCUT2D eigenvalue weighted by atomic mass is 9.99. The molecule has 0 bridgehead atoms. The topological polar surface area (TPSA) is 223 Å². The van der Waals surface area contributed by atoms with Crippen LogP contribution in [0, 0.1) is 5.41 Å². The van der Waals surface area contributed by atoms with E-state index in [0.717, 1.165) is 0 Å². The van der Waals surface area contributed by atoms with Gasteiger partial charge in [-0.25, -0.2) is 0 Å². The number of benzene rings is 2. The molecule has 15 nitrogen and oxygen atoms in total. The van der Waals surface area contributed by atoms with Crippen molar-refractivity contribution in [2.45, 2.75) is 36.7 Å². The second-order valence-corrected chi connectivity index (χ2v) is 10.1. The molecular weight excluding hydrogens is 564 g/mol. The van der Waals surface area contributed by atoms with Crippen molar-refractivity contribution in [1.29, 1.82) is 5.41 Å². The summed E-state index contributed by atoms with van der Waals surface area (Å²) in [6.45, 7) is 1.05. The van der Waals surface area contributed by atoms with Gasteiger partial charge in [-0.3, -0.25) is 15.0 Å². The van der Waals surface area contributed by atoms with Gasteiger partial charge in [0.2, 0.25) is 18.1 Å². The van der Waals surface area contributed by atoms with Crippen LogP contribution in [-0.4, -0.2) is 125 Å². The standard InChI is InChI=1S/C28H38N6O9/c1-41-34-11-9-33(10-12-34)21(36)14-31-27(40)22(32-17-6-4-5-16(13-17)26(29)30)18-7-2-3-8-19(18)42-28-25(39)24(38)23(37)20(15-35)43-28/h2-8,13,20,22-25,28,32,35,37-39H,9-12,14-15H2,1H3,(H3,29,30)(H,31,40). The number of carbonyl (C=O) groups excluding carboxylic acids is 2. The van der Waals surface area contributed by atoms with Gasteiger partial charge in [0.15, 0.2) is 0 Å². The Hall–Kier alpha value is -3.83. The fraction of sp³-hybridized carbons (Fsp3) is 0.464. The molecule has 2 aromatic carbocycles. The molecule has 2 aliphatic rings. The summed E-state index contributed by atoms with van der Waals surface area (Å²) in [6.07, 6.45) is -7.59. The van der Waals surface area contributed by atoms with Crippen LogP contribution in [0.15, 0.2) is 48.5 Å². The first-order valence-electron chi connectivity index (χ1n) is 13.7. The second kappa shape index (κ2) is 14.6. The monoisotopic (exact) mass is 602 g/mol. The highest BCUT2D eigenvalue weighted by Crippen LogP contribution is 2.32. The number of hydroxylamine groups is 2. The van der Waals surface area contributed by atoms with Crippen molar-refractivity contribution in [3.05, 3.63) is 59.7 Å². The molecular formula is C28H38N6O9. The molecule has 0 radical (unpaired) electrons. The molecule has 2 saturated heterocycles. The Kier molecular flexibility index (Phi) is 10.9. The minimum Gasteiger partial charge on any atom is -0.462 e. The number of ether oxygens (including phenoxy) is 2. The van der Waals surface area contributed by atoms with Crippen LogP contribution in [0.3, 0.4) is 0 Å². The lowest BCUT2D eigenvalue weighted by Gasteiger charge is -2.40. The number of aliphatic hydroxyl groups excluding tert-OH is 4. The van der Waals surface area contributed by atoms with Gasteiger partial charge in [0.25, 0.3) is 0 Å². The number of nitrogens with one attached hydrogen (secondary N) is 3. The average molecular weight is 603 g/mol. The molecule has 6 unspecified atom stereocenters. The van der Waals surface area contributed by atoms with Crippen LogP contribution in [0.5, 0.6) is 5.75 Å². The number of aliphatic hydroxyl groups is 4. The highest BCUT2D eigenvalue weighted by Gasteiger charge is 2.45. The van der Waals surface area contributed by atoms with Crippen LogP contribution in [-0.2, 0) is 19.2 Å². The van der Waals surface area contributed by atoms with Crippen molar-refractivity contribution >= 4 is 23.3 Å². The maximum atomic E-state index is 13.7. The lowest BCUT2D eigenvalue weighted by Crippen LogP contribution is -2.60. The number of nitrogens with two attached hydrogens (primary N) is 1. The van der Waals surface area contributed by atoms with Gasteiger partial charge in [-0.15, -0.1) is 0 Å². The van der Waals surface area contributed by atoms with E-state index in [2.05, 4.69) is 10.6 Å². The van der Waals surface area contributed by atoms with Crippen LogP contribution < -0.4 is 21.1 Å². The molecule has 2 amide bonds. The Bertz CT molecular complexity index is 1270. The third kappa shape index (κ3) is 7.77. The van der Waals surface area contributed by atoms with Crippen molar-refractivity contribution in [2.24, 2.45) is 5.73 Å². The van der Waals surface area contributed by atoms with Gasteiger partial charge in [0, 0.05) is 43.0 Å². The molecule has 2 heterocycles. The highest BCUT2D eigenvalue weighted by molar-refractivity contribution is 5.96. The summed E-state index contributed by atoms with van der Waals surface area (Å²) in [5.74, 6) is -0.936. The Morgan fingerprint density at radius 1 is 1.07 bits per heavy atom. The molecule has 4 rings (SSSR count). The quantitative estimate of drug-likeness (QED) is 0.105. The number of hydrogen-bond acceptors (Lipinski definition) is 12. The molecule has 0 saturated carbocycles. The fourth-order valence-corrected chi connectivity index (χ4v) is 4.84. The number of hydrogen-bond donors (Lipinski definition) is 8. The van der Waals surface area contributed by atoms with Crippen molar-refractivity contribution in [1.82, 2.24) is 15.3 Å². The van der Waals surface area contributed by atoms with E-state index in [1.54, 1.807) is 59.5 Å². The number of para-hydroxylation sites is 1. The minimum atomic E-state index is -1.67. The van der Waals surface area contributed by atoms with Crippen LogP contribution in [0.2, 0.25) is 0 Å². The third-order valence-electron chi connectivity index (χ3n) is 7.33. The van der Waals surface area contributed by atoms with E-state index in [9.17, 15) is 30.0 Å². The summed E-state index contributed by atoms with van der Waals surface area (Å²) in [5.41, 5.74) is 6.79. The number of piperazine rings is 1. The summed E-state index contributed by atoms with van der Waals surface area (Å²) >= 11 is 0. The summed E-state index contributed by atoms with van der Waals surface area (Å²) in [5, 5.41) is 55.7. The van der Waals surface area contributed by atoms with E-state index in [1.165, 1.54) is 6.07 Å². The zero-order valence-corrected chi connectivity index (χ0v) is 23.6. The zero-order valence-electron chi connectivity index (χ0n) is 23.6. The number of carbonyl (C=O) groups is 2. The summed E-state index contributed by atoms with van der Waals surface area (Å²) in [7, 11) is 1.57. The van der Waals surface area contributed by atoms with Crippen LogP contribution in [0.25, 0.3) is 0 Å². The molecule has 9 N–H and O–H groups in total. The first kappa shape index (κ1) is 32.1. The van der Waals surface area contributed by atoms with Crippen LogP contribution in [0.4, 0.5) is 5.69 Å². The molecule has 0 aromatic heterocycles. The molecule has 2 aliphatic heterocycles. The van der Waals surface area contributed by atoms with Gasteiger partial charge in [-0.05, 0) is 18.2 Å². The van der Waals surface area contributed by atoms with Gasteiger partial charge in [0.05, 0.1) is 20.3 Å². The smallest absolute Gasteiger partial charge is 0.247 e. The summed E-state index contributed by atoms with van der Waals surface area (Å²) in [6, 6.07) is 11.8. The van der Waals surface area contributed by atoms with E-state index >= 15 is 0 Å². The lowest BCUT2D eigenvalue weighted by molar-refractivity contribution is -0.277. The van der Waals surface area contributed by atoms with Gasteiger partial charge in [-0.1, -0.05) is 30.3 Å². The number of nitrogens with zero attached hydrogens (tertiary/aromatic N) is 2. The molecule has 43 heavy (non-hydrogen) atoms. The van der Waals surface area contributed by atoms with Gasteiger partial charge >= 0.3 is 0 Å². The van der Waals surface area contributed by atoms with E-state index in [4.69, 9.17) is 25.5 Å². The van der Waals surface area contributed by atoms with Crippen LogP contribution >= 0.6 is 0 Å². The predicted molar refractivity (Wildman–Crippen MR) is 153 cm³/mol. The Labute approximate surface area is 248 Å². The Balaban J connectivity index is 1.58. The van der Waals surface area contributed by atoms with E-state index in [1.807, 2.05) is 0 Å². The minimum absolute atomic E-state index is 0.0872. The molecule has 15 heteroatoms. The first-order chi connectivity index (χ1) is 20.6. The SMILES string of the molecule is CON1CCN(C(=O)CNC(=O)C(Nc2cccc(C(=N)N)c2)c2ccccc2OC2OC(CO)C(O)C(O)C2O)CC1. The van der Waals surface area contributed by atoms with E-state index < -0.39 is 49.3 Å². The number of anilines is 1. The number of amides is 2. The Morgan fingerprint density at radius 2 is 1.79 bits per heavy atom. The van der Waals surface area contributed by atoms with Crippen molar-refractivity contribution in [3.8, 4) is 5.75 Å². The third-order valence-corrected chi connectivity index (χ3v) is 7.33. The van der Waals surface area contributed by atoms with Crippen LogP contribution in [0.1, 0.15) is 17.2 Å². The van der Waals surface area contributed by atoms with Crippen molar-refractivity contribution < 1.29 is 44.3 Å². The van der Waals surface area contributed by atoms with Gasteiger partial charge in [0.1, 0.15) is 42.0 Å². The van der Waals surface area contributed by atoms with Crippen molar-refractivity contribution in [2.75, 3.05) is 51.8 Å². The van der Waals surface area contributed by atoms with E-state index in [-0.39, 0.29) is 29.6 Å². The number of rotatable bonds is 11. The van der Waals surface area contributed by atoms with E-state index in [0.29, 0.717) is 37.4 Å². The Morgan fingerprint density at radius 3 is 2.47 bits per heavy atom. The number of amidine groups is 1. The molecule has 6 atom stereocenters. The maximum Gasteiger partial charge on any atom is 0.247 e. The van der Waals surface area contributed by atoms with Gasteiger partial charge < -0.3 is 56.0 Å². The average Bonchev–Trinajstić information content (AvgIpc) is 3.03. The second-order valence-electron chi connectivity index (χ2n) is 10.1. The summed E-state index contributed by atoms with van der Waals surface area (Å²) < 4.78 is 11.4. The highest BCUT2D eigenvalue weighted by atomic mass is 16.7. The van der Waals surface area contributed by atoms with Gasteiger partial charge in [-0.2, -0.15) is 5.06 Å². The largest absolute Gasteiger partial charge is 0.462 e. The molecule has 2 aromatic rings. The molecule has 0 aliphatic carbocycles. The predicted octanol–water partition coefficient (Wildman–Crippen LogP) is -1.88. The molecule has 2 fully saturated rings. The van der Waals surface area contributed by atoms with Crippen molar-refractivity contribution in [3.63, 3.8) is 0 Å². The maximum absolute atomic E-state index is 13.7. The molecule has 0 spiro atoms. The molecule has 234 valence electrons.